The number of ether oxygens (including phenoxy) is 1. The number of hydrogen-bond donors (Lipinski definition) is 2. The van der Waals surface area contributed by atoms with Gasteiger partial charge in [0.05, 0.1) is 12.8 Å². The van der Waals surface area contributed by atoms with Crippen molar-refractivity contribution < 1.29 is 4.74 Å². The van der Waals surface area contributed by atoms with Crippen LogP contribution in [0.15, 0.2) is 54.6 Å². The Kier molecular flexibility index (Phi) is 3.85. The van der Waals surface area contributed by atoms with E-state index < -0.39 is 0 Å². The van der Waals surface area contributed by atoms with E-state index in [0.717, 1.165) is 17.1 Å². The molecule has 6 nitrogen and oxygen atoms in total. The molecule has 0 unspecified atom stereocenters. The van der Waals surface area contributed by atoms with E-state index in [-0.39, 0.29) is 0 Å². The Morgan fingerprint density at radius 3 is 2.43 bits per heavy atom. The van der Waals surface area contributed by atoms with Crippen molar-refractivity contribution in [3.63, 3.8) is 0 Å². The summed E-state index contributed by atoms with van der Waals surface area (Å²) < 4.78 is 6.67. The van der Waals surface area contributed by atoms with Crippen molar-refractivity contribution in [2.75, 3.05) is 18.2 Å². The summed E-state index contributed by atoms with van der Waals surface area (Å²) in [6.07, 6.45) is 0. The zero-order chi connectivity index (χ0) is 16.2. The number of anilines is 3. The molecule has 0 amide bonds. The smallest absolute Gasteiger partial charge is 0.173 e. The normalized spacial score (nSPS) is 10.1. The highest BCUT2D eigenvalue weighted by atomic mass is 16.5. The number of methoxy groups -OCH3 is 1. The van der Waals surface area contributed by atoms with Gasteiger partial charge in [-0.25, -0.2) is 4.68 Å². The first-order valence-corrected chi connectivity index (χ1v) is 6.98. The summed E-state index contributed by atoms with van der Waals surface area (Å²) >= 11 is 0. The van der Waals surface area contributed by atoms with Crippen LogP contribution in [0.2, 0.25) is 0 Å². The Morgan fingerprint density at radius 1 is 1.13 bits per heavy atom. The van der Waals surface area contributed by atoms with E-state index in [1.165, 1.54) is 0 Å². The predicted molar refractivity (Wildman–Crippen MR) is 89.0 cm³/mol. The van der Waals surface area contributed by atoms with Gasteiger partial charge in [0.2, 0.25) is 0 Å². The lowest BCUT2D eigenvalue weighted by atomic mass is 10.2. The molecule has 114 valence electrons. The number of hydrogen-bond acceptors (Lipinski definition) is 5. The first-order chi connectivity index (χ1) is 11.2. The van der Waals surface area contributed by atoms with Crippen LogP contribution in [0.1, 0.15) is 5.56 Å². The Bertz CT molecular complexity index is 847. The van der Waals surface area contributed by atoms with Gasteiger partial charge < -0.3 is 15.8 Å². The van der Waals surface area contributed by atoms with E-state index >= 15 is 0 Å². The van der Waals surface area contributed by atoms with Crippen LogP contribution in [-0.4, -0.2) is 16.9 Å². The van der Waals surface area contributed by atoms with Crippen LogP contribution in [0.4, 0.5) is 17.3 Å². The van der Waals surface area contributed by atoms with Gasteiger partial charge in [0.25, 0.3) is 0 Å². The Hall–Kier alpha value is -3.46. The van der Waals surface area contributed by atoms with Crippen molar-refractivity contribution in [1.29, 1.82) is 5.26 Å². The second kappa shape index (κ2) is 6.12. The average Bonchev–Trinajstić information content (AvgIpc) is 2.92. The van der Waals surface area contributed by atoms with Gasteiger partial charge in [0, 0.05) is 5.69 Å². The Balaban J connectivity index is 1.97. The standard InChI is InChI=1S/C17H15N5O/c1-23-14-9-7-12(8-10-14)20-17-15(11-18)16(19)22(21-17)13-5-3-2-4-6-13/h2-10H,19H2,1H3,(H,20,21). The largest absolute Gasteiger partial charge is 0.497 e. The molecule has 0 aliphatic heterocycles. The fourth-order valence-corrected chi connectivity index (χ4v) is 2.21. The van der Waals surface area contributed by atoms with Crippen molar-refractivity contribution in [1.82, 2.24) is 9.78 Å². The number of nitriles is 1. The summed E-state index contributed by atoms with van der Waals surface area (Å²) in [7, 11) is 1.61. The summed E-state index contributed by atoms with van der Waals surface area (Å²) in [5.41, 5.74) is 7.96. The summed E-state index contributed by atoms with van der Waals surface area (Å²) in [4.78, 5) is 0. The molecule has 0 spiro atoms. The van der Waals surface area contributed by atoms with Crippen LogP contribution < -0.4 is 15.8 Å². The highest BCUT2D eigenvalue weighted by Crippen LogP contribution is 2.27. The lowest BCUT2D eigenvalue weighted by Gasteiger charge is -2.05. The summed E-state index contributed by atoms with van der Waals surface area (Å²) in [6.45, 7) is 0. The molecule has 6 heteroatoms. The number of benzene rings is 2. The van der Waals surface area contributed by atoms with Gasteiger partial charge in [-0.15, -0.1) is 5.10 Å². The maximum atomic E-state index is 9.38. The van der Waals surface area contributed by atoms with Gasteiger partial charge in [0.15, 0.2) is 5.82 Å². The van der Waals surface area contributed by atoms with Gasteiger partial charge in [-0.1, -0.05) is 18.2 Å². The van der Waals surface area contributed by atoms with Crippen LogP contribution in [0.5, 0.6) is 5.75 Å². The molecule has 23 heavy (non-hydrogen) atoms. The molecule has 2 aromatic carbocycles. The molecule has 3 N–H and O–H groups in total. The van der Waals surface area contributed by atoms with Crippen molar-refractivity contribution in [3.8, 4) is 17.5 Å². The third-order valence-corrected chi connectivity index (χ3v) is 3.39. The first kappa shape index (κ1) is 14.5. The average molecular weight is 305 g/mol. The molecule has 0 radical (unpaired) electrons. The van der Waals surface area contributed by atoms with Gasteiger partial charge in [-0.3, -0.25) is 0 Å². The summed E-state index contributed by atoms with van der Waals surface area (Å²) in [5.74, 6) is 1.47. The van der Waals surface area contributed by atoms with Crippen LogP contribution in [-0.2, 0) is 0 Å². The summed E-state index contributed by atoms with van der Waals surface area (Å²) in [5, 5.41) is 16.9. The lowest BCUT2D eigenvalue weighted by Crippen LogP contribution is -2.02. The first-order valence-electron chi connectivity index (χ1n) is 6.98. The van der Waals surface area contributed by atoms with E-state index in [2.05, 4.69) is 16.5 Å². The molecule has 3 rings (SSSR count). The maximum absolute atomic E-state index is 9.38. The molecule has 0 fully saturated rings. The van der Waals surface area contributed by atoms with Crippen molar-refractivity contribution in [2.45, 2.75) is 0 Å². The molecule has 1 aromatic heterocycles. The van der Waals surface area contributed by atoms with Crippen LogP contribution in [0, 0.1) is 11.3 Å². The molecule has 0 saturated heterocycles. The highest BCUT2D eigenvalue weighted by Gasteiger charge is 2.16. The molecule has 0 bridgehead atoms. The number of nitrogen functional groups attached to an aromatic ring is 1. The second-order valence-electron chi connectivity index (χ2n) is 4.82. The summed E-state index contributed by atoms with van der Waals surface area (Å²) in [6, 6.07) is 18.9. The predicted octanol–water partition coefficient (Wildman–Crippen LogP) is 3.08. The monoisotopic (exact) mass is 305 g/mol. The molecule has 0 atom stereocenters. The number of nitrogens with zero attached hydrogens (tertiary/aromatic N) is 3. The van der Waals surface area contributed by atoms with Crippen molar-refractivity contribution >= 4 is 17.3 Å². The SMILES string of the molecule is COc1ccc(Nc2nn(-c3ccccc3)c(N)c2C#N)cc1. The van der Waals surface area contributed by atoms with Crippen LogP contribution in [0.3, 0.4) is 0 Å². The van der Waals surface area contributed by atoms with Crippen molar-refractivity contribution in [3.05, 3.63) is 60.2 Å². The van der Waals surface area contributed by atoms with E-state index in [9.17, 15) is 5.26 Å². The Morgan fingerprint density at radius 2 is 1.83 bits per heavy atom. The van der Waals surface area contributed by atoms with E-state index in [4.69, 9.17) is 10.5 Å². The number of aromatic nitrogens is 2. The molecule has 3 aromatic rings. The quantitative estimate of drug-likeness (QED) is 0.773. The topological polar surface area (TPSA) is 88.9 Å². The minimum absolute atomic E-state index is 0.301. The van der Waals surface area contributed by atoms with Gasteiger partial charge in [-0.05, 0) is 36.4 Å². The fraction of sp³-hybridized carbons (Fsp3) is 0.0588. The molecular formula is C17H15N5O. The van der Waals surface area contributed by atoms with E-state index in [0.29, 0.717) is 17.2 Å². The maximum Gasteiger partial charge on any atom is 0.173 e. The number of nitrogens with two attached hydrogens (primary N) is 1. The molecule has 0 saturated carbocycles. The van der Waals surface area contributed by atoms with Crippen LogP contribution >= 0.6 is 0 Å². The zero-order valence-electron chi connectivity index (χ0n) is 12.5. The third-order valence-electron chi connectivity index (χ3n) is 3.39. The number of para-hydroxylation sites is 1. The minimum Gasteiger partial charge on any atom is -0.497 e. The van der Waals surface area contributed by atoms with E-state index in [1.54, 1.807) is 11.8 Å². The van der Waals surface area contributed by atoms with Crippen molar-refractivity contribution in [2.24, 2.45) is 0 Å². The molecule has 0 aliphatic carbocycles. The second-order valence-corrected chi connectivity index (χ2v) is 4.82. The number of rotatable bonds is 4. The number of nitrogens with one attached hydrogen (secondary N) is 1. The molecular weight excluding hydrogens is 290 g/mol. The lowest BCUT2D eigenvalue weighted by molar-refractivity contribution is 0.415. The molecule has 1 heterocycles. The van der Waals surface area contributed by atoms with Crippen LogP contribution in [0.25, 0.3) is 5.69 Å². The van der Waals surface area contributed by atoms with E-state index in [1.807, 2.05) is 54.6 Å². The fourth-order valence-electron chi connectivity index (χ4n) is 2.21. The third kappa shape index (κ3) is 2.80. The van der Waals surface area contributed by atoms with Gasteiger partial charge in [-0.2, -0.15) is 5.26 Å². The van der Waals surface area contributed by atoms with Gasteiger partial charge >= 0.3 is 0 Å². The zero-order valence-corrected chi connectivity index (χ0v) is 12.5. The molecule has 0 aliphatic rings. The highest BCUT2D eigenvalue weighted by molar-refractivity contribution is 5.71. The Labute approximate surface area is 133 Å². The van der Waals surface area contributed by atoms with Gasteiger partial charge in [0.1, 0.15) is 23.2 Å². The minimum atomic E-state index is 0.301.